The molecule has 13 heteroatoms. The third kappa shape index (κ3) is 4.72. The fourth-order valence-electron chi connectivity index (χ4n) is 4.86. The minimum absolute atomic E-state index is 0.110. The van der Waals surface area contributed by atoms with E-state index in [1.54, 1.807) is 18.3 Å². The number of anilines is 2. The molecule has 0 radical (unpaired) electrons. The van der Waals surface area contributed by atoms with E-state index in [-0.39, 0.29) is 30.8 Å². The molecule has 194 valence electrons. The summed E-state index contributed by atoms with van der Waals surface area (Å²) in [6.45, 7) is 6.05. The van der Waals surface area contributed by atoms with Gasteiger partial charge in [0, 0.05) is 31.1 Å². The van der Waals surface area contributed by atoms with Gasteiger partial charge in [-0.3, -0.25) is 4.79 Å². The smallest absolute Gasteiger partial charge is 0.451 e. The summed E-state index contributed by atoms with van der Waals surface area (Å²) in [5.41, 5.74) is 0. The van der Waals surface area contributed by atoms with Crippen LogP contribution in [0, 0.1) is 5.92 Å². The van der Waals surface area contributed by atoms with Crippen LogP contribution < -0.4 is 9.80 Å². The molecular formula is C23H28F3N7O2S. The van der Waals surface area contributed by atoms with Crippen LogP contribution in [-0.4, -0.2) is 56.9 Å². The first-order chi connectivity index (χ1) is 17.3. The van der Waals surface area contributed by atoms with Crippen molar-refractivity contribution in [3.63, 3.8) is 0 Å². The van der Waals surface area contributed by atoms with Crippen LogP contribution in [-0.2, 0) is 35.2 Å². The number of carbonyl (C=O) groups is 1. The molecule has 36 heavy (non-hydrogen) atoms. The topological polar surface area (TPSA) is 89.3 Å². The number of esters is 1. The van der Waals surface area contributed by atoms with Crippen molar-refractivity contribution >= 4 is 39.3 Å². The lowest BCUT2D eigenvalue weighted by molar-refractivity contribution is -0.148. The number of carbonyl (C=O) groups excluding carboxylic acids is 1. The minimum atomic E-state index is -4.55. The summed E-state index contributed by atoms with van der Waals surface area (Å²) in [6.07, 6.45) is -1.07. The van der Waals surface area contributed by atoms with Crippen LogP contribution in [0.15, 0.2) is 6.07 Å². The molecule has 0 spiro atoms. The molecule has 0 bridgehead atoms. The van der Waals surface area contributed by atoms with Crippen LogP contribution in [0.25, 0.3) is 10.2 Å². The van der Waals surface area contributed by atoms with Crippen molar-refractivity contribution in [1.82, 2.24) is 24.7 Å². The second-order valence-corrected chi connectivity index (χ2v) is 10.2. The highest BCUT2D eigenvalue weighted by Gasteiger charge is 2.40. The molecule has 3 aromatic heterocycles. The van der Waals surface area contributed by atoms with Crippen LogP contribution in [0.5, 0.6) is 0 Å². The molecule has 0 aliphatic carbocycles. The van der Waals surface area contributed by atoms with E-state index in [1.807, 2.05) is 9.80 Å². The van der Waals surface area contributed by atoms with Crippen molar-refractivity contribution in [2.75, 3.05) is 36.0 Å². The number of nitrogens with zero attached hydrogens (tertiary/aromatic N) is 7. The molecule has 5 rings (SSSR count). The lowest BCUT2D eigenvalue weighted by Gasteiger charge is -2.33. The molecular weight excluding hydrogens is 495 g/mol. The molecule has 2 aliphatic heterocycles. The SMILES string of the molecule is CCCc1cc2c(N3CCn4c(nnc4C(F)(F)F)C3)nc(N3CCCC(C(=O)OCC)C3)nc2s1. The standard InChI is InChI=1S/C23H28F3N7O2S/c1-3-6-15-11-16-18(31-9-10-33-17(13-31)29-30-21(33)23(24,25)26)27-22(28-19(16)36-15)32-8-5-7-14(12-32)20(34)35-4-2/h11,14H,3-10,12-13H2,1-2H3. The van der Waals surface area contributed by atoms with Crippen molar-refractivity contribution in [1.29, 1.82) is 0 Å². The zero-order chi connectivity index (χ0) is 25.4. The highest BCUT2D eigenvalue weighted by molar-refractivity contribution is 7.18. The summed E-state index contributed by atoms with van der Waals surface area (Å²) >= 11 is 1.61. The maximum absolute atomic E-state index is 13.3. The zero-order valence-electron chi connectivity index (χ0n) is 20.2. The maximum Gasteiger partial charge on any atom is 0.451 e. The van der Waals surface area contributed by atoms with Gasteiger partial charge >= 0.3 is 12.1 Å². The number of fused-ring (bicyclic) bond motifs is 2. The first-order valence-electron chi connectivity index (χ1n) is 12.2. The predicted molar refractivity (Wildman–Crippen MR) is 129 cm³/mol. The molecule has 1 saturated heterocycles. The van der Waals surface area contributed by atoms with Gasteiger partial charge in [-0.2, -0.15) is 18.2 Å². The Morgan fingerprint density at radius 3 is 2.75 bits per heavy atom. The quantitative estimate of drug-likeness (QED) is 0.447. The Balaban J connectivity index is 1.50. The summed E-state index contributed by atoms with van der Waals surface area (Å²) in [7, 11) is 0. The highest BCUT2D eigenvalue weighted by Crippen LogP contribution is 2.36. The van der Waals surface area contributed by atoms with Crippen LogP contribution >= 0.6 is 11.3 Å². The number of alkyl halides is 3. The number of halogens is 3. The number of ether oxygens (including phenoxy) is 1. The van der Waals surface area contributed by atoms with E-state index >= 15 is 0 Å². The fourth-order valence-corrected chi connectivity index (χ4v) is 5.98. The van der Waals surface area contributed by atoms with E-state index in [9.17, 15) is 18.0 Å². The van der Waals surface area contributed by atoms with Gasteiger partial charge in [0.05, 0.1) is 24.5 Å². The molecule has 1 atom stereocenters. The first kappa shape index (κ1) is 24.7. The van der Waals surface area contributed by atoms with Crippen molar-refractivity contribution in [2.45, 2.75) is 58.8 Å². The van der Waals surface area contributed by atoms with Crippen molar-refractivity contribution in [3.8, 4) is 0 Å². The fraction of sp³-hybridized carbons (Fsp3) is 0.609. The van der Waals surface area contributed by atoms with Crippen LogP contribution in [0.1, 0.15) is 49.6 Å². The summed E-state index contributed by atoms with van der Waals surface area (Å²) in [4.78, 5) is 28.1. The van der Waals surface area contributed by atoms with Gasteiger partial charge in [-0.05, 0) is 32.3 Å². The normalized spacial score (nSPS) is 18.5. The zero-order valence-corrected chi connectivity index (χ0v) is 21.0. The van der Waals surface area contributed by atoms with Crippen molar-refractivity contribution < 1.29 is 22.7 Å². The van der Waals surface area contributed by atoms with Crippen LogP contribution in [0.3, 0.4) is 0 Å². The van der Waals surface area contributed by atoms with Gasteiger partial charge in [0.15, 0.2) is 5.82 Å². The predicted octanol–water partition coefficient (Wildman–Crippen LogP) is 4.05. The summed E-state index contributed by atoms with van der Waals surface area (Å²) in [5.74, 6) is 0.0422. The average molecular weight is 524 g/mol. The summed E-state index contributed by atoms with van der Waals surface area (Å²) in [6, 6.07) is 2.08. The van der Waals surface area contributed by atoms with Gasteiger partial charge in [-0.15, -0.1) is 21.5 Å². The van der Waals surface area contributed by atoms with E-state index in [1.165, 1.54) is 4.88 Å². The van der Waals surface area contributed by atoms with E-state index in [4.69, 9.17) is 14.7 Å². The number of aryl methyl sites for hydroxylation is 1. The van der Waals surface area contributed by atoms with Gasteiger partial charge in [-0.25, -0.2) is 4.98 Å². The highest BCUT2D eigenvalue weighted by atomic mass is 32.1. The van der Waals surface area contributed by atoms with Crippen molar-refractivity contribution in [2.24, 2.45) is 5.92 Å². The third-order valence-electron chi connectivity index (χ3n) is 6.54. The van der Waals surface area contributed by atoms with Gasteiger partial charge < -0.3 is 19.1 Å². The third-order valence-corrected chi connectivity index (χ3v) is 7.63. The number of hydrogen-bond donors (Lipinski definition) is 0. The Morgan fingerprint density at radius 1 is 1.17 bits per heavy atom. The van der Waals surface area contributed by atoms with Crippen LogP contribution in [0.2, 0.25) is 0 Å². The monoisotopic (exact) mass is 523 g/mol. The molecule has 0 N–H and O–H groups in total. The number of rotatable bonds is 6. The lowest BCUT2D eigenvalue weighted by atomic mass is 9.98. The van der Waals surface area contributed by atoms with E-state index in [2.05, 4.69) is 23.2 Å². The minimum Gasteiger partial charge on any atom is -0.466 e. The van der Waals surface area contributed by atoms with E-state index in [0.29, 0.717) is 31.5 Å². The Labute approximate surface area is 210 Å². The van der Waals surface area contributed by atoms with Gasteiger partial charge in [0.25, 0.3) is 0 Å². The number of piperidine rings is 1. The molecule has 0 saturated carbocycles. The molecule has 1 fully saturated rings. The molecule has 0 aromatic carbocycles. The number of thiophene rings is 1. The van der Waals surface area contributed by atoms with Gasteiger partial charge in [0.2, 0.25) is 11.8 Å². The molecule has 3 aromatic rings. The second kappa shape index (κ2) is 9.83. The molecule has 2 aliphatic rings. The second-order valence-electron chi connectivity index (χ2n) is 9.08. The molecule has 5 heterocycles. The number of hydrogen-bond acceptors (Lipinski definition) is 9. The number of aromatic nitrogens is 5. The van der Waals surface area contributed by atoms with Crippen LogP contribution in [0.4, 0.5) is 24.9 Å². The average Bonchev–Trinajstić information content (AvgIpc) is 3.47. The Hall–Kier alpha value is -2.96. The van der Waals surface area contributed by atoms with E-state index in [0.717, 1.165) is 47.0 Å². The van der Waals surface area contributed by atoms with Gasteiger partial charge in [-0.1, -0.05) is 13.3 Å². The summed E-state index contributed by atoms with van der Waals surface area (Å²) < 4.78 is 46.3. The molecule has 1 unspecified atom stereocenters. The van der Waals surface area contributed by atoms with E-state index < -0.39 is 12.0 Å². The Morgan fingerprint density at radius 2 is 2.00 bits per heavy atom. The van der Waals surface area contributed by atoms with Crippen molar-refractivity contribution in [3.05, 3.63) is 22.6 Å². The Bertz CT molecular complexity index is 1260. The van der Waals surface area contributed by atoms with Gasteiger partial charge in [0.1, 0.15) is 10.6 Å². The molecule has 9 nitrogen and oxygen atoms in total. The largest absolute Gasteiger partial charge is 0.466 e. The summed E-state index contributed by atoms with van der Waals surface area (Å²) in [5, 5.41) is 8.10. The maximum atomic E-state index is 13.3. The molecule has 0 amide bonds. The Kier molecular flexibility index (Phi) is 6.75. The lowest BCUT2D eigenvalue weighted by Crippen LogP contribution is -2.41. The first-order valence-corrected chi connectivity index (χ1v) is 13.1.